The van der Waals surface area contributed by atoms with Crippen molar-refractivity contribution in [2.45, 2.75) is 13.8 Å². The number of fused-ring (bicyclic) bond motifs is 1. The maximum Gasteiger partial charge on any atom is 0.115 e. The second-order valence-corrected chi connectivity index (χ2v) is 4.33. The first-order valence-corrected chi connectivity index (χ1v) is 5.89. The Morgan fingerprint density at radius 2 is 1.67 bits per heavy atom. The van der Waals surface area contributed by atoms with Gasteiger partial charge in [-0.15, -0.1) is 0 Å². The van der Waals surface area contributed by atoms with Gasteiger partial charge in [-0.3, -0.25) is 15.0 Å². The van der Waals surface area contributed by atoms with Crippen LogP contribution in [0.2, 0.25) is 0 Å². The summed E-state index contributed by atoms with van der Waals surface area (Å²) >= 11 is 0. The van der Waals surface area contributed by atoms with E-state index < -0.39 is 0 Å². The number of benzene rings is 1. The predicted molar refractivity (Wildman–Crippen MR) is 72.2 cm³/mol. The lowest BCUT2D eigenvalue weighted by atomic mass is 10.00. The van der Waals surface area contributed by atoms with Crippen LogP contribution >= 0.6 is 0 Å². The zero-order valence-corrected chi connectivity index (χ0v) is 10.4. The summed E-state index contributed by atoms with van der Waals surface area (Å²) in [5.41, 5.74) is 6.26. The largest absolute Gasteiger partial charge is 0.254 e. The van der Waals surface area contributed by atoms with Crippen LogP contribution in [0.5, 0.6) is 0 Å². The SMILES string of the molecule is Cc1cccc(-c2nccc3nccnc23)c1C. The van der Waals surface area contributed by atoms with Crippen LogP contribution in [-0.4, -0.2) is 15.0 Å². The van der Waals surface area contributed by atoms with Crippen molar-refractivity contribution in [3.8, 4) is 11.3 Å². The fraction of sp³-hybridized carbons (Fsp3) is 0.133. The van der Waals surface area contributed by atoms with Crippen molar-refractivity contribution in [2.75, 3.05) is 0 Å². The summed E-state index contributed by atoms with van der Waals surface area (Å²) in [6, 6.07) is 8.12. The van der Waals surface area contributed by atoms with Gasteiger partial charge in [-0.25, -0.2) is 0 Å². The zero-order valence-electron chi connectivity index (χ0n) is 10.4. The second-order valence-electron chi connectivity index (χ2n) is 4.33. The van der Waals surface area contributed by atoms with Crippen LogP contribution in [0.3, 0.4) is 0 Å². The summed E-state index contributed by atoms with van der Waals surface area (Å²) in [5.74, 6) is 0. The average Bonchev–Trinajstić information content (AvgIpc) is 2.41. The van der Waals surface area contributed by atoms with Crippen LogP contribution < -0.4 is 0 Å². The molecule has 3 nitrogen and oxygen atoms in total. The molecule has 0 amide bonds. The van der Waals surface area contributed by atoms with Crippen LogP contribution in [0, 0.1) is 13.8 Å². The molecule has 3 heteroatoms. The summed E-state index contributed by atoms with van der Waals surface area (Å²) < 4.78 is 0. The summed E-state index contributed by atoms with van der Waals surface area (Å²) in [6.07, 6.45) is 5.20. The standard InChI is InChI=1S/C15H13N3/c1-10-4-3-5-12(11(10)2)14-15-13(6-7-17-14)16-8-9-18-15/h3-9H,1-2H3. The van der Waals surface area contributed by atoms with Gasteiger partial charge in [0.05, 0.1) is 11.2 Å². The Balaban J connectivity index is 2.35. The minimum atomic E-state index is 0.855. The Labute approximate surface area is 106 Å². The van der Waals surface area contributed by atoms with Crippen molar-refractivity contribution in [3.05, 3.63) is 54.0 Å². The van der Waals surface area contributed by atoms with Crippen molar-refractivity contribution in [1.29, 1.82) is 0 Å². The summed E-state index contributed by atoms with van der Waals surface area (Å²) in [7, 11) is 0. The van der Waals surface area contributed by atoms with Gasteiger partial charge in [0.1, 0.15) is 5.52 Å². The molecule has 0 bridgehead atoms. The van der Waals surface area contributed by atoms with Gasteiger partial charge in [-0.1, -0.05) is 18.2 Å². The number of nitrogens with zero attached hydrogens (tertiary/aromatic N) is 3. The predicted octanol–water partition coefficient (Wildman–Crippen LogP) is 3.31. The van der Waals surface area contributed by atoms with E-state index in [1.54, 1.807) is 18.6 Å². The van der Waals surface area contributed by atoms with Crippen LogP contribution in [0.4, 0.5) is 0 Å². The van der Waals surface area contributed by atoms with E-state index in [-0.39, 0.29) is 0 Å². The molecule has 18 heavy (non-hydrogen) atoms. The Bertz CT molecular complexity index is 715. The van der Waals surface area contributed by atoms with Crippen LogP contribution in [-0.2, 0) is 0 Å². The molecule has 0 radical (unpaired) electrons. The molecule has 0 aliphatic heterocycles. The van der Waals surface area contributed by atoms with E-state index in [1.165, 1.54) is 11.1 Å². The smallest absolute Gasteiger partial charge is 0.115 e. The fourth-order valence-electron chi connectivity index (χ4n) is 2.10. The highest BCUT2D eigenvalue weighted by Crippen LogP contribution is 2.27. The molecular formula is C15H13N3. The highest BCUT2D eigenvalue weighted by Gasteiger charge is 2.10. The Kier molecular flexibility index (Phi) is 2.52. The molecule has 0 atom stereocenters. The lowest BCUT2D eigenvalue weighted by molar-refractivity contribution is 1.24. The quantitative estimate of drug-likeness (QED) is 0.649. The van der Waals surface area contributed by atoms with E-state index in [9.17, 15) is 0 Å². The van der Waals surface area contributed by atoms with Crippen LogP contribution in [0.1, 0.15) is 11.1 Å². The first-order chi connectivity index (χ1) is 8.77. The molecule has 1 aromatic carbocycles. The number of pyridine rings is 1. The lowest BCUT2D eigenvalue weighted by Crippen LogP contribution is -1.93. The van der Waals surface area contributed by atoms with Crippen LogP contribution in [0.15, 0.2) is 42.9 Å². The summed E-state index contributed by atoms with van der Waals surface area (Å²) in [4.78, 5) is 13.2. The summed E-state index contributed by atoms with van der Waals surface area (Å²) in [6.45, 7) is 4.22. The molecule has 0 aliphatic rings. The monoisotopic (exact) mass is 235 g/mol. The topological polar surface area (TPSA) is 38.7 Å². The highest BCUT2D eigenvalue weighted by atomic mass is 14.8. The van der Waals surface area contributed by atoms with Gasteiger partial charge in [0.2, 0.25) is 0 Å². The highest BCUT2D eigenvalue weighted by molar-refractivity contribution is 5.89. The molecule has 0 spiro atoms. The lowest BCUT2D eigenvalue weighted by Gasteiger charge is -2.09. The first kappa shape index (κ1) is 10.8. The van der Waals surface area contributed by atoms with Gasteiger partial charge in [0.15, 0.2) is 0 Å². The van der Waals surface area contributed by atoms with E-state index >= 15 is 0 Å². The van der Waals surface area contributed by atoms with Crippen molar-refractivity contribution in [2.24, 2.45) is 0 Å². The number of hydrogen-bond donors (Lipinski definition) is 0. The minimum Gasteiger partial charge on any atom is -0.254 e. The van der Waals surface area contributed by atoms with Gasteiger partial charge in [0, 0.05) is 24.2 Å². The van der Waals surface area contributed by atoms with Crippen molar-refractivity contribution in [1.82, 2.24) is 15.0 Å². The molecule has 2 aromatic heterocycles. The molecule has 0 aliphatic carbocycles. The number of rotatable bonds is 1. The van der Waals surface area contributed by atoms with E-state index in [0.29, 0.717) is 0 Å². The maximum absolute atomic E-state index is 4.48. The number of hydrogen-bond acceptors (Lipinski definition) is 3. The van der Waals surface area contributed by atoms with E-state index in [0.717, 1.165) is 22.3 Å². The molecule has 2 heterocycles. The third-order valence-corrected chi connectivity index (χ3v) is 3.25. The number of aromatic nitrogens is 3. The van der Waals surface area contributed by atoms with E-state index in [1.807, 2.05) is 6.07 Å². The molecule has 0 fully saturated rings. The molecule has 88 valence electrons. The Morgan fingerprint density at radius 3 is 2.56 bits per heavy atom. The average molecular weight is 235 g/mol. The van der Waals surface area contributed by atoms with Gasteiger partial charge in [-0.2, -0.15) is 0 Å². The third-order valence-electron chi connectivity index (χ3n) is 3.25. The molecule has 0 unspecified atom stereocenters. The van der Waals surface area contributed by atoms with Gasteiger partial charge in [0.25, 0.3) is 0 Å². The van der Waals surface area contributed by atoms with Crippen LogP contribution in [0.25, 0.3) is 22.3 Å². The Hall–Kier alpha value is -2.29. The molecule has 3 aromatic rings. The normalized spacial score (nSPS) is 10.8. The molecular weight excluding hydrogens is 222 g/mol. The molecule has 0 N–H and O–H groups in total. The van der Waals surface area contributed by atoms with Gasteiger partial charge >= 0.3 is 0 Å². The zero-order chi connectivity index (χ0) is 12.5. The van der Waals surface area contributed by atoms with Gasteiger partial charge < -0.3 is 0 Å². The molecule has 0 saturated carbocycles. The van der Waals surface area contributed by atoms with Gasteiger partial charge in [-0.05, 0) is 31.0 Å². The molecule has 0 saturated heterocycles. The third kappa shape index (κ3) is 1.64. The summed E-state index contributed by atoms with van der Waals surface area (Å²) in [5, 5.41) is 0. The Morgan fingerprint density at radius 1 is 0.833 bits per heavy atom. The number of aryl methyl sites for hydroxylation is 1. The first-order valence-electron chi connectivity index (χ1n) is 5.89. The minimum absolute atomic E-state index is 0.855. The molecule has 3 rings (SSSR count). The van der Waals surface area contributed by atoms with Crippen molar-refractivity contribution < 1.29 is 0 Å². The van der Waals surface area contributed by atoms with Crippen molar-refractivity contribution in [3.63, 3.8) is 0 Å². The maximum atomic E-state index is 4.48. The van der Waals surface area contributed by atoms with E-state index in [4.69, 9.17) is 0 Å². The van der Waals surface area contributed by atoms with E-state index in [2.05, 4.69) is 47.0 Å². The second kappa shape index (κ2) is 4.18. The fourth-order valence-corrected chi connectivity index (χ4v) is 2.10. The van der Waals surface area contributed by atoms with Crippen molar-refractivity contribution >= 4 is 11.0 Å².